The zero-order valence-corrected chi connectivity index (χ0v) is 69.5. The van der Waals surface area contributed by atoms with Crippen LogP contribution in [0.25, 0.3) is 67.8 Å². The Morgan fingerprint density at radius 1 is 0.210 bits per heavy atom. The quantitative estimate of drug-likeness (QED) is 0.0711. The van der Waals surface area contributed by atoms with Gasteiger partial charge in [0.25, 0.3) is 0 Å². The molecule has 4 nitrogen and oxygen atoms in total. The third kappa shape index (κ3) is 13.7. The van der Waals surface area contributed by atoms with Gasteiger partial charge < -0.3 is 19.6 Å². The second-order valence-corrected chi connectivity index (χ2v) is 32.6. The Balaban J connectivity index is 0.566. The molecule has 2 atom stereocenters. The maximum Gasteiger partial charge on any atom is 0.123 e. The smallest absolute Gasteiger partial charge is 0.123 e. The zero-order chi connectivity index (χ0) is 84.2. The predicted octanol–water partition coefficient (Wildman–Crippen LogP) is 32.1. The largest absolute Gasteiger partial charge is 0.311 e. The van der Waals surface area contributed by atoms with Gasteiger partial charge in [0.2, 0.25) is 0 Å². The van der Waals surface area contributed by atoms with E-state index >= 15 is 0 Å². The number of para-hydroxylation sites is 2. The lowest BCUT2D eigenvalue weighted by Crippen LogP contribution is -2.30. The first-order valence-corrected chi connectivity index (χ1v) is 42.3. The maximum atomic E-state index is 15.0. The fourth-order valence-corrected chi connectivity index (χ4v) is 19.3. The Kier molecular flexibility index (Phi) is 20.0. The number of fused-ring (bicyclic) bond motifs is 6. The third-order valence-corrected chi connectivity index (χ3v) is 25.3. The molecule has 2 aliphatic rings. The summed E-state index contributed by atoms with van der Waals surface area (Å²) in [6, 6.07) is 150. The van der Waals surface area contributed by atoms with Gasteiger partial charge in [-0.3, -0.25) is 0 Å². The van der Waals surface area contributed by atoms with Crippen molar-refractivity contribution in [2.45, 2.75) is 38.5 Å². The van der Waals surface area contributed by atoms with Gasteiger partial charge in [0, 0.05) is 68.2 Å². The highest BCUT2D eigenvalue weighted by Gasteiger charge is 2.49. The molecule has 2 unspecified atom stereocenters. The number of hydrogen-bond acceptors (Lipinski definition) is 4. The summed E-state index contributed by atoms with van der Waals surface area (Å²) in [5.74, 6) is -0.581. The van der Waals surface area contributed by atoms with Gasteiger partial charge in [-0.15, -0.1) is 0 Å². The summed E-state index contributed by atoms with van der Waals surface area (Å²) in [4.78, 5) is 9.10. The van der Waals surface area contributed by atoms with Crippen LogP contribution in [-0.2, 0) is 10.8 Å². The molecule has 0 spiro atoms. The summed E-state index contributed by atoms with van der Waals surface area (Å²) in [6.07, 6.45) is 3.80. The minimum atomic E-state index is -0.646. The summed E-state index contributed by atoms with van der Waals surface area (Å²) in [6.45, 7) is 17.0. The van der Waals surface area contributed by atoms with Gasteiger partial charge in [0.15, 0.2) is 0 Å². The highest BCUT2D eigenvalue weighted by Crippen LogP contribution is 2.61. The van der Waals surface area contributed by atoms with Gasteiger partial charge >= 0.3 is 0 Å². The lowest BCUT2D eigenvalue weighted by atomic mass is 9.66. The molecule has 124 heavy (non-hydrogen) atoms. The van der Waals surface area contributed by atoms with Gasteiger partial charge in [-0.2, -0.15) is 0 Å². The summed E-state index contributed by atoms with van der Waals surface area (Å²) >= 11 is 0. The minimum Gasteiger partial charge on any atom is -0.311 e. The van der Waals surface area contributed by atoms with Crippen LogP contribution in [0.2, 0.25) is 0 Å². The average molecular weight is 1600 g/mol. The highest BCUT2D eigenvalue weighted by atomic mass is 19.1. The van der Waals surface area contributed by atoms with Gasteiger partial charge in [-0.25, -0.2) is 8.78 Å². The van der Waals surface area contributed by atoms with E-state index in [0.29, 0.717) is 0 Å². The fourth-order valence-electron chi connectivity index (χ4n) is 19.3. The van der Waals surface area contributed by atoms with Gasteiger partial charge in [0.05, 0.1) is 10.8 Å². The van der Waals surface area contributed by atoms with Crippen molar-refractivity contribution in [3.63, 3.8) is 0 Å². The van der Waals surface area contributed by atoms with Crippen LogP contribution in [0.5, 0.6) is 0 Å². The van der Waals surface area contributed by atoms with Crippen LogP contribution in [0.15, 0.2) is 438 Å². The first kappa shape index (κ1) is 77.1. The minimum absolute atomic E-state index is 0.291. The molecule has 0 saturated carbocycles. The second-order valence-electron chi connectivity index (χ2n) is 32.6. The molecule has 18 aromatic carbocycles. The van der Waals surface area contributed by atoms with Crippen molar-refractivity contribution < 1.29 is 8.78 Å². The zero-order valence-electron chi connectivity index (χ0n) is 69.5. The van der Waals surface area contributed by atoms with Crippen LogP contribution in [-0.4, -0.2) is 0 Å². The summed E-state index contributed by atoms with van der Waals surface area (Å²) < 4.78 is 29.9. The molecule has 20 rings (SSSR count). The summed E-state index contributed by atoms with van der Waals surface area (Å²) in [7, 11) is 0. The van der Waals surface area contributed by atoms with Crippen LogP contribution in [0.3, 0.4) is 0 Å². The molecule has 18 aromatic rings. The van der Waals surface area contributed by atoms with E-state index in [0.717, 1.165) is 113 Å². The standard InChI is InChI=1S/C118H88F2N4/c1-7-83-31-47-91(48-32-83)117(113-75-79(3)27-29-81(113)5)111-25-17-15-23-107(111)109-73-71-105(77-115(109)117)123(103-67-51-93(119)52-68-103)101-63-43-89(44-64-101)87-39-59-99(60-40-87)121(95-19-11-9-12-20-95)97-55-35-85(36-56-97)86-37-57-98(58-38-86)122(96-21-13-10-14-22-96)100-61-41-88(42-62-100)90-45-65-102(66-46-90)124(104-69-53-94(120)54-70-104)106-72-74-110-108-24-16-18-26-112(108)118(116(110)78-106,92-49-33-84(8-2)34-50-92)114-76-80(4)28-30-82(114)6/h7-78H,1-2H2,3-6H3. The van der Waals surface area contributed by atoms with E-state index in [-0.39, 0.29) is 11.6 Å². The van der Waals surface area contributed by atoms with Crippen molar-refractivity contribution in [3.05, 3.63) is 527 Å². The molecular formula is C118H88F2N4. The van der Waals surface area contributed by atoms with Gasteiger partial charge in [-0.05, 0) is 320 Å². The van der Waals surface area contributed by atoms with Crippen molar-refractivity contribution in [1.82, 2.24) is 0 Å². The predicted molar refractivity (Wildman–Crippen MR) is 515 cm³/mol. The fraction of sp³-hybridized carbons (Fsp3) is 0.0508. The molecule has 0 heterocycles. The van der Waals surface area contributed by atoms with E-state index in [4.69, 9.17) is 0 Å². The van der Waals surface area contributed by atoms with Gasteiger partial charge in [0.1, 0.15) is 11.6 Å². The Morgan fingerprint density at radius 2 is 0.452 bits per heavy atom. The molecular weight excluding hydrogens is 1510 g/mol. The van der Waals surface area contributed by atoms with Crippen LogP contribution in [0.1, 0.15) is 77.9 Å². The summed E-state index contributed by atoms with van der Waals surface area (Å²) in [5, 5.41) is 0. The lowest BCUT2D eigenvalue weighted by Gasteiger charge is -2.36. The second kappa shape index (κ2) is 32.2. The first-order valence-electron chi connectivity index (χ1n) is 42.3. The first-order chi connectivity index (χ1) is 60.8. The molecule has 0 saturated heterocycles. The van der Waals surface area contributed by atoms with Gasteiger partial charge in [-0.1, -0.05) is 291 Å². The van der Waals surface area contributed by atoms with E-state index in [2.05, 4.69) is 437 Å². The highest BCUT2D eigenvalue weighted by molar-refractivity contribution is 5.94. The van der Waals surface area contributed by atoms with E-state index in [1.165, 1.54) is 89.0 Å². The number of halogens is 2. The molecule has 0 N–H and O–H groups in total. The number of anilines is 12. The van der Waals surface area contributed by atoms with E-state index in [9.17, 15) is 8.78 Å². The normalized spacial score (nSPS) is 14.0. The van der Waals surface area contributed by atoms with Crippen LogP contribution >= 0.6 is 0 Å². The monoisotopic (exact) mass is 1600 g/mol. The Labute approximate surface area is 725 Å². The third-order valence-electron chi connectivity index (χ3n) is 25.3. The number of hydrogen-bond donors (Lipinski definition) is 0. The Hall–Kier alpha value is -15.5. The molecule has 0 fully saturated rings. The Bertz CT molecular complexity index is 6590. The van der Waals surface area contributed by atoms with Crippen molar-refractivity contribution in [3.8, 4) is 55.6 Å². The number of aryl methyl sites for hydroxylation is 4. The molecule has 0 bridgehead atoms. The van der Waals surface area contributed by atoms with Crippen molar-refractivity contribution in [1.29, 1.82) is 0 Å². The molecule has 594 valence electrons. The lowest BCUT2D eigenvalue weighted by molar-refractivity contribution is 0.627. The molecule has 0 radical (unpaired) electrons. The van der Waals surface area contributed by atoms with Crippen LogP contribution in [0, 0.1) is 39.3 Å². The van der Waals surface area contributed by atoms with Crippen LogP contribution in [0.4, 0.5) is 77.0 Å². The SMILES string of the molecule is C=Cc1ccc(C2(c3cc(C)ccc3C)c3ccccc3-c3ccc(N(c4ccc(F)cc4)c4ccc(-c5ccc(N(c6ccccc6)c6ccc(-c7ccc(N(c8ccccc8)c8ccc(-c9ccc(N(c%10ccc(F)cc%10)c%10ccc%11c(c%10)C(c%10ccc(C=C)cc%10)(c%10cc(C)ccc%10C)c%10ccccc%10-%11)cc9)cc8)cc7)cc6)cc5)cc4)cc32)cc1. The van der Waals surface area contributed by atoms with E-state index in [1.807, 2.05) is 36.4 Å². The maximum absolute atomic E-state index is 15.0. The van der Waals surface area contributed by atoms with Crippen molar-refractivity contribution >= 4 is 80.4 Å². The Morgan fingerprint density at radius 3 is 0.742 bits per heavy atom. The molecule has 0 aromatic heterocycles. The van der Waals surface area contributed by atoms with Crippen molar-refractivity contribution in [2.75, 3.05) is 19.6 Å². The number of benzene rings is 18. The number of rotatable bonds is 21. The van der Waals surface area contributed by atoms with E-state index in [1.54, 1.807) is 24.3 Å². The van der Waals surface area contributed by atoms with E-state index < -0.39 is 10.8 Å². The molecule has 6 heteroatoms. The molecule has 0 aliphatic heterocycles. The topological polar surface area (TPSA) is 13.0 Å². The van der Waals surface area contributed by atoms with Crippen molar-refractivity contribution in [2.24, 2.45) is 0 Å². The molecule has 2 aliphatic carbocycles. The average Bonchev–Trinajstić information content (AvgIpc) is 1.53. The molecule has 0 amide bonds. The summed E-state index contributed by atoms with van der Waals surface area (Å²) in [5.41, 5.74) is 38.3. The number of nitrogens with zero attached hydrogens (tertiary/aromatic N) is 4. The van der Waals surface area contributed by atoms with Crippen LogP contribution < -0.4 is 19.6 Å².